The van der Waals surface area contributed by atoms with E-state index in [2.05, 4.69) is 15.2 Å². The molecule has 2 N–H and O–H groups in total. The Morgan fingerprint density at radius 1 is 1.77 bits per heavy atom. The van der Waals surface area contributed by atoms with Crippen LogP contribution in [0.5, 0.6) is 0 Å². The minimum Gasteiger partial charge on any atom is -0.396 e. The summed E-state index contributed by atoms with van der Waals surface area (Å²) in [4.78, 5) is 16.8. The summed E-state index contributed by atoms with van der Waals surface area (Å²) < 4.78 is 0. The van der Waals surface area contributed by atoms with Crippen LogP contribution < -0.4 is 4.90 Å². The molecule has 1 fully saturated rings. The third-order valence-electron chi connectivity index (χ3n) is 2.12. The monoisotopic (exact) mass is 182 g/mol. The van der Waals surface area contributed by atoms with E-state index < -0.39 is 0 Å². The van der Waals surface area contributed by atoms with Gasteiger partial charge in [-0.15, -0.1) is 0 Å². The number of aliphatic hydroxyl groups is 1. The Labute approximate surface area is 74.6 Å². The van der Waals surface area contributed by atoms with E-state index in [1.807, 2.05) is 0 Å². The van der Waals surface area contributed by atoms with Crippen LogP contribution >= 0.6 is 0 Å². The summed E-state index contributed by atoms with van der Waals surface area (Å²) in [6, 6.07) is 0. The summed E-state index contributed by atoms with van der Waals surface area (Å²) in [5, 5.41) is 15.2. The Hall–Kier alpha value is -1.43. The van der Waals surface area contributed by atoms with Crippen LogP contribution in [0, 0.1) is 5.92 Å². The zero-order valence-corrected chi connectivity index (χ0v) is 6.97. The molecule has 6 heteroatoms. The van der Waals surface area contributed by atoms with Crippen molar-refractivity contribution in [3.05, 3.63) is 6.33 Å². The second kappa shape index (κ2) is 3.14. The van der Waals surface area contributed by atoms with Crippen molar-refractivity contribution in [2.75, 3.05) is 18.1 Å². The SMILES string of the molecule is O=C1CC(CO)CN1c1ncn[nH]1. The molecule has 1 unspecified atom stereocenters. The Balaban J connectivity index is 2.14. The lowest BCUT2D eigenvalue weighted by Crippen LogP contribution is -2.26. The quantitative estimate of drug-likeness (QED) is 0.624. The average Bonchev–Trinajstić information content (AvgIpc) is 2.72. The fourth-order valence-corrected chi connectivity index (χ4v) is 1.44. The molecule has 0 bridgehead atoms. The van der Waals surface area contributed by atoms with E-state index >= 15 is 0 Å². The largest absolute Gasteiger partial charge is 0.396 e. The van der Waals surface area contributed by atoms with E-state index in [0.717, 1.165) is 0 Å². The molecule has 1 aromatic heterocycles. The molecule has 0 aromatic carbocycles. The molecular weight excluding hydrogens is 172 g/mol. The standard InChI is InChI=1S/C7H10N4O2/c12-3-5-1-6(13)11(2-5)7-8-4-9-10-7/h4-5,12H,1-3H2,(H,8,9,10). The van der Waals surface area contributed by atoms with Crippen molar-refractivity contribution < 1.29 is 9.90 Å². The number of aromatic amines is 1. The number of hydrogen-bond donors (Lipinski definition) is 2. The number of nitrogens with zero attached hydrogens (tertiary/aromatic N) is 3. The molecule has 70 valence electrons. The van der Waals surface area contributed by atoms with Gasteiger partial charge in [-0.3, -0.25) is 9.69 Å². The molecule has 1 aromatic rings. The van der Waals surface area contributed by atoms with Crippen molar-refractivity contribution in [1.82, 2.24) is 15.2 Å². The van der Waals surface area contributed by atoms with E-state index in [1.54, 1.807) is 0 Å². The van der Waals surface area contributed by atoms with Crippen molar-refractivity contribution in [3.8, 4) is 0 Å². The Kier molecular flexibility index (Phi) is 1.97. The number of carbonyl (C=O) groups is 1. The molecule has 1 amide bonds. The fraction of sp³-hybridized carbons (Fsp3) is 0.571. The minimum absolute atomic E-state index is 0.0178. The maximum absolute atomic E-state index is 11.4. The van der Waals surface area contributed by atoms with Gasteiger partial charge in [0.15, 0.2) is 0 Å². The Morgan fingerprint density at radius 3 is 3.15 bits per heavy atom. The number of nitrogens with one attached hydrogen (secondary N) is 1. The third kappa shape index (κ3) is 1.40. The molecule has 1 atom stereocenters. The van der Waals surface area contributed by atoms with E-state index in [-0.39, 0.29) is 18.4 Å². The number of hydrogen-bond acceptors (Lipinski definition) is 4. The minimum atomic E-state index is -0.0178. The first kappa shape index (κ1) is 8.18. The third-order valence-corrected chi connectivity index (χ3v) is 2.12. The number of anilines is 1. The van der Waals surface area contributed by atoms with E-state index in [0.29, 0.717) is 18.9 Å². The topological polar surface area (TPSA) is 82.1 Å². The second-order valence-electron chi connectivity index (χ2n) is 3.07. The van der Waals surface area contributed by atoms with Gasteiger partial charge in [-0.2, -0.15) is 10.1 Å². The predicted octanol–water partition coefficient (Wildman–Crippen LogP) is -0.850. The average molecular weight is 182 g/mol. The molecule has 1 aliphatic rings. The molecule has 1 saturated heterocycles. The van der Waals surface area contributed by atoms with Crippen molar-refractivity contribution in [2.45, 2.75) is 6.42 Å². The highest BCUT2D eigenvalue weighted by Gasteiger charge is 2.31. The zero-order valence-electron chi connectivity index (χ0n) is 6.97. The smallest absolute Gasteiger partial charge is 0.229 e. The van der Waals surface area contributed by atoms with Gasteiger partial charge in [-0.25, -0.2) is 5.10 Å². The summed E-state index contributed by atoms with van der Waals surface area (Å²) in [5.74, 6) is 0.467. The van der Waals surface area contributed by atoms with E-state index in [9.17, 15) is 4.79 Å². The maximum atomic E-state index is 11.4. The van der Waals surface area contributed by atoms with Crippen LogP contribution in [0.1, 0.15) is 6.42 Å². The zero-order chi connectivity index (χ0) is 9.26. The first-order valence-corrected chi connectivity index (χ1v) is 4.08. The molecule has 0 saturated carbocycles. The van der Waals surface area contributed by atoms with Crippen LogP contribution in [0.2, 0.25) is 0 Å². The molecule has 0 aliphatic carbocycles. The van der Waals surface area contributed by atoms with Gasteiger partial charge in [0, 0.05) is 25.5 Å². The van der Waals surface area contributed by atoms with Crippen molar-refractivity contribution >= 4 is 11.9 Å². The number of rotatable bonds is 2. The molecule has 13 heavy (non-hydrogen) atoms. The van der Waals surface area contributed by atoms with Crippen LogP contribution in [-0.2, 0) is 4.79 Å². The maximum Gasteiger partial charge on any atom is 0.229 e. The highest BCUT2D eigenvalue weighted by Crippen LogP contribution is 2.20. The first-order valence-electron chi connectivity index (χ1n) is 4.08. The second-order valence-corrected chi connectivity index (χ2v) is 3.07. The van der Waals surface area contributed by atoms with Gasteiger partial charge in [-0.05, 0) is 0 Å². The van der Waals surface area contributed by atoms with Crippen molar-refractivity contribution in [2.24, 2.45) is 5.92 Å². The lowest BCUT2D eigenvalue weighted by molar-refractivity contribution is -0.117. The lowest BCUT2D eigenvalue weighted by Gasteiger charge is -2.10. The molecule has 0 radical (unpaired) electrons. The number of H-pyrrole nitrogens is 1. The molecule has 1 aliphatic heterocycles. The fourth-order valence-electron chi connectivity index (χ4n) is 1.44. The molecule has 2 heterocycles. The summed E-state index contributed by atoms with van der Waals surface area (Å²) in [5.41, 5.74) is 0. The normalized spacial score (nSPS) is 22.7. The first-order chi connectivity index (χ1) is 6.31. The molecule has 0 spiro atoms. The lowest BCUT2D eigenvalue weighted by atomic mass is 10.1. The van der Waals surface area contributed by atoms with Crippen LogP contribution in [0.25, 0.3) is 0 Å². The van der Waals surface area contributed by atoms with Crippen LogP contribution in [0.4, 0.5) is 5.95 Å². The molecule has 6 nitrogen and oxygen atoms in total. The predicted molar refractivity (Wildman–Crippen MR) is 43.9 cm³/mol. The van der Waals surface area contributed by atoms with Crippen molar-refractivity contribution in [1.29, 1.82) is 0 Å². The van der Waals surface area contributed by atoms with Crippen LogP contribution in [0.3, 0.4) is 0 Å². The van der Waals surface area contributed by atoms with Gasteiger partial charge in [0.05, 0.1) is 0 Å². The van der Waals surface area contributed by atoms with Gasteiger partial charge < -0.3 is 5.11 Å². The van der Waals surface area contributed by atoms with E-state index in [4.69, 9.17) is 5.11 Å². The van der Waals surface area contributed by atoms with Gasteiger partial charge >= 0.3 is 0 Å². The summed E-state index contributed by atoms with van der Waals surface area (Å²) in [7, 11) is 0. The molecular formula is C7H10N4O2. The van der Waals surface area contributed by atoms with Gasteiger partial charge in [0.2, 0.25) is 11.9 Å². The summed E-state index contributed by atoms with van der Waals surface area (Å²) >= 11 is 0. The molecule has 2 rings (SSSR count). The van der Waals surface area contributed by atoms with Crippen LogP contribution in [-0.4, -0.2) is 39.3 Å². The van der Waals surface area contributed by atoms with Crippen molar-refractivity contribution in [3.63, 3.8) is 0 Å². The van der Waals surface area contributed by atoms with Gasteiger partial charge in [0.25, 0.3) is 0 Å². The number of aromatic nitrogens is 3. The summed E-state index contributed by atoms with van der Waals surface area (Å²) in [6.45, 7) is 0.556. The van der Waals surface area contributed by atoms with Gasteiger partial charge in [-0.1, -0.05) is 0 Å². The number of aliphatic hydroxyl groups excluding tert-OH is 1. The highest BCUT2D eigenvalue weighted by molar-refractivity contribution is 5.93. The van der Waals surface area contributed by atoms with Crippen LogP contribution in [0.15, 0.2) is 6.33 Å². The Bertz CT molecular complexity index is 297. The number of carbonyl (C=O) groups excluding carboxylic acids is 1. The highest BCUT2D eigenvalue weighted by atomic mass is 16.3. The van der Waals surface area contributed by atoms with Gasteiger partial charge in [0.1, 0.15) is 6.33 Å². The summed E-state index contributed by atoms with van der Waals surface area (Å²) in [6.07, 6.45) is 1.74. The number of amides is 1. The van der Waals surface area contributed by atoms with E-state index in [1.165, 1.54) is 11.2 Å². The Morgan fingerprint density at radius 2 is 2.62 bits per heavy atom.